The summed E-state index contributed by atoms with van der Waals surface area (Å²) in [6.07, 6.45) is 19.8. The Bertz CT molecular complexity index is 1150. The van der Waals surface area contributed by atoms with E-state index in [2.05, 4.69) is 68.9 Å². The molecular formula is C20H17N5O3. The topological polar surface area (TPSA) is 116 Å². The van der Waals surface area contributed by atoms with Crippen LogP contribution in [0.4, 0.5) is 0 Å². The summed E-state index contributed by atoms with van der Waals surface area (Å²) in [6, 6.07) is 4.40. The zero-order valence-electron chi connectivity index (χ0n) is 14.7. The van der Waals surface area contributed by atoms with Gasteiger partial charge in [-0.25, -0.2) is 9.98 Å². The van der Waals surface area contributed by atoms with Crippen molar-refractivity contribution in [3.05, 3.63) is 92.6 Å². The highest BCUT2D eigenvalue weighted by molar-refractivity contribution is 6.20. The second-order valence-corrected chi connectivity index (χ2v) is 6.44. The summed E-state index contributed by atoms with van der Waals surface area (Å²) in [4.78, 5) is 21.1. The Labute approximate surface area is 159 Å². The number of aromatic nitrogens is 1. The first kappa shape index (κ1) is 17.5. The second-order valence-electron chi connectivity index (χ2n) is 6.44. The molecular weight excluding hydrogens is 358 g/mol. The van der Waals surface area contributed by atoms with Crippen LogP contribution in [-0.2, 0) is 0 Å². The van der Waals surface area contributed by atoms with Gasteiger partial charge in [-0.2, -0.15) is 0 Å². The van der Waals surface area contributed by atoms with E-state index >= 15 is 0 Å². The highest BCUT2D eigenvalue weighted by atomic mass is 16.9. The third-order valence-corrected chi connectivity index (χ3v) is 4.32. The lowest BCUT2D eigenvalue weighted by atomic mass is 10.2. The molecule has 5 heterocycles. The summed E-state index contributed by atoms with van der Waals surface area (Å²) in [6.45, 7) is 0. The van der Waals surface area contributed by atoms with Gasteiger partial charge in [0.1, 0.15) is 0 Å². The first-order valence-electron chi connectivity index (χ1n) is 8.69. The molecule has 0 aliphatic carbocycles. The average Bonchev–Trinajstić information content (AvgIpc) is 3.39. The van der Waals surface area contributed by atoms with Crippen LogP contribution in [0.5, 0.6) is 0 Å². The van der Waals surface area contributed by atoms with Crippen molar-refractivity contribution in [1.29, 1.82) is 0 Å². The molecule has 0 spiro atoms. The quantitative estimate of drug-likeness (QED) is 0.468. The van der Waals surface area contributed by atoms with Crippen LogP contribution in [0.15, 0.2) is 81.7 Å². The van der Waals surface area contributed by atoms with Crippen LogP contribution in [-0.4, -0.2) is 32.7 Å². The normalized spacial score (nSPS) is 21.0. The van der Waals surface area contributed by atoms with E-state index in [-0.39, 0.29) is 6.04 Å². The smallest absolute Gasteiger partial charge is 0.291 e. The molecule has 140 valence electrons. The zero-order chi connectivity index (χ0) is 19.5. The van der Waals surface area contributed by atoms with E-state index in [9.17, 15) is 0 Å². The van der Waals surface area contributed by atoms with Gasteiger partial charge in [0.05, 0.1) is 28.9 Å². The maximum Gasteiger partial charge on any atom is 0.291 e. The summed E-state index contributed by atoms with van der Waals surface area (Å²) in [5.74, 6) is 0. The Balaban J connectivity index is 0.000000442. The number of hydrogen-bond acceptors (Lipinski definition) is 5. The molecule has 0 amide bonds. The predicted octanol–water partition coefficient (Wildman–Crippen LogP) is 1.28. The Kier molecular flexibility index (Phi) is 4.59. The van der Waals surface area contributed by atoms with E-state index in [4.69, 9.17) is 15.3 Å². The van der Waals surface area contributed by atoms with Gasteiger partial charge in [0.25, 0.3) is 5.09 Å². The molecule has 28 heavy (non-hydrogen) atoms. The number of H-pyrrole nitrogens is 1. The molecule has 5 rings (SSSR count). The fourth-order valence-electron chi connectivity index (χ4n) is 3.20. The lowest BCUT2D eigenvalue weighted by Gasteiger charge is -2.07. The minimum Gasteiger partial charge on any atom is -0.379 e. The van der Waals surface area contributed by atoms with Crippen molar-refractivity contribution < 1.29 is 10.3 Å². The molecule has 8 bridgehead atoms. The number of fused-ring (bicyclic) bond motifs is 6. The van der Waals surface area contributed by atoms with Crippen molar-refractivity contribution in [3.63, 3.8) is 0 Å². The molecule has 8 heteroatoms. The number of nitrogens with one attached hydrogen (secondary N) is 2. The molecule has 3 N–H and O–H groups in total. The molecule has 0 fully saturated rings. The van der Waals surface area contributed by atoms with E-state index in [0.29, 0.717) is 0 Å². The minimum absolute atomic E-state index is 0.282. The van der Waals surface area contributed by atoms with Crippen molar-refractivity contribution in [2.24, 2.45) is 9.98 Å². The summed E-state index contributed by atoms with van der Waals surface area (Å²) in [5.41, 5.74) is 5.02. The summed E-state index contributed by atoms with van der Waals surface area (Å²) < 4.78 is 0. The van der Waals surface area contributed by atoms with Crippen LogP contribution in [0.1, 0.15) is 6.42 Å². The third kappa shape index (κ3) is 4.24. The molecule has 0 saturated heterocycles. The molecule has 0 aromatic carbocycles. The van der Waals surface area contributed by atoms with Crippen molar-refractivity contribution >= 4 is 23.6 Å². The Morgan fingerprint density at radius 2 is 1.61 bits per heavy atom. The fourth-order valence-corrected chi connectivity index (χ4v) is 3.20. The number of hydrogen-bond donors (Lipinski definition) is 3. The zero-order valence-corrected chi connectivity index (χ0v) is 14.7. The first-order valence-corrected chi connectivity index (χ1v) is 8.69. The molecule has 8 nitrogen and oxygen atoms in total. The van der Waals surface area contributed by atoms with Gasteiger partial charge in [-0.1, -0.05) is 6.08 Å². The lowest BCUT2D eigenvalue weighted by Crippen LogP contribution is -2.19. The molecule has 0 radical (unpaired) electrons. The highest BCUT2D eigenvalue weighted by Crippen LogP contribution is 2.19. The van der Waals surface area contributed by atoms with Crippen LogP contribution in [0.2, 0.25) is 0 Å². The number of allylic oxidation sites excluding steroid dienone is 5. The number of nitrogens with zero attached hydrogens (tertiary/aromatic N) is 3. The monoisotopic (exact) mass is 375 g/mol. The maximum absolute atomic E-state index is 8.36. The van der Waals surface area contributed by atoms with Gasteiger partial charge in [-0.3, -0.25) is 0 Å². The van der Waals surface area contributed by atoms with Crippen LogP contribution >= 0.6 is 0 Å². The van der Waals surface area contributed by atoms with E-state index < -0.39 is 5.09 Å². The van der Waals surface area contributed by atoms with Crippen LogP contribution in [0, 0.1) is 10.1 Å². The van der Waals surface area contributed by atoms with E-state index in [1.807, 2.05) is 18.2 Å². The average molecular weight is 375 g/mol. The van der Waals surface area contributed by atoms with Crippen molar-refractivity contribution in [2.45, 2.75) is 12.5 Å². The Morgan fingerprint density at radius 3 is 2.29 bits per heavy atom. The summed E-state index contributed by atoms with van der Waals surface area (Å²) in [7, 11) is 0. The van der Waals surface area contributed by atoms with Gasteiger partial charge in [0, 0.05) is 16.4 Å². The van der Waals surface area contributed by atoms with E-state index in [1.165, 1.54) is 0 Å². The van der Waals surface area contributed by atoms with E-state index in [0.717, 1.165) is 45.6 Å². The molecule has 1 atom stereocenters. The van der Waals surface area contributed by atoms with Gasteiger partial charge >= 0.3 is 0 Å². The highest BCUT2D eigenvalue weighted by Gasteiger charge is 2.15. The Morgan fingerprint density at radius 1 is 1.00 bits per heavy atom. The third-order valence-electron chi connectivity index (χ3n) is 4.32. The molecule has 1 aromatic rings. The molecule has 0 saturated carbocycles. The number of rotatable bonds is 0. The van der Waals surface area contributed by atoms with Crippen LogP contribution in [0.3, 0.4) is 0 Å². The van der Waals surface area contributed by atoms with Gasteiger partial charge < -0.3 is 15.5 Å². The molecule has 4 aliphatic rings. The summed E-state index contributed by atoms with van der Waals surface area (Å²) >= 11 is 0. The largest absolute Gasteiger partial charge is 0.379 e. The molecule has 1 aromatic heterocycles. The second kappa shape index (κ2) is 7.36. The van der Waals surface area contributed by atoms with Crippen molar-refractivity contribution in [1.82, 2.24) is 10.3 Å². The van der Waals surface area contributed by atoms with Crippen molar-refractivity contribution in [3.8, 4) is 0 Å². The lowest BCUT2D eigenvalue weighted by molar-refractivity contribution is -0.742. The Hall–Kier alpha value is -3.94. The molecule has 1 unspecified atom stereocenters. The first-order chi connectivity index (χ1) is 13.5. The SMILES string of the molecule is C1=CC2=NC1=CC1=CCC(C=C3C=CC(=N3)C=c3ccc([nH]3)=C2)N1.O=[N+]([O-])O. The van der Waals surface area contributed by atoms with Gasteiger partial charge in [0.15, 0.2) is 0 Å². The van der Waals surface area contributed by atoms with Gasteiger partial charge in [0.2, 0.25) is 0 Å². The maximum atomic E-state index is 8.36. The van der Waals surface area contributed by atoms with E-state index in [1.54, 1.807) is 0 Å². The van der Waals surface area contributed by atoms with Crippen LogP contribution in [0.25, 0.3) is 12.2 Å². The van der Waals surface area contributed by atoms with Gasteiger partial charge in [-0.15, -0.1) is 10.1 Å². The minimum atomic E-state index is -1.50. The fraction of sp³-hybridized carbons (Fsp3) is 0.100. The predicted molar refractivity (Wildman–Crippen MR) is 107 cm³/mol. The standard InChI is InChI=1S/C20H16N4.HNO3/c1-2-14-10-16-5-6-18(23-16)12-20-8-7-19(24-20)11-17-4-3-15(22-17)9-13(1)21-14;2-1(3)4/h1-7,9-12,20-21,24H,8H2;(H,2,3,4). The summed E-state index contributed by atoms with van der Waals surface area (Å²) in [5, 5.41) is 19.2. The van der Waals surface area contributed by atoms with Crippen LogP contribution < -0.4 is 16.0 Å². The van der Waals surface area contributed by atoms with Gasteiger partial charge in [-0.05, 0) is 67.2 Å². The molecule has 4 aliphatic heterocycles. The number of aliphatic imine (C=N–C) groups is 2. The number of aromatic amines is 1. The van der Waals surface area contributed by atoms with Crippen molar-refractivity contribution in [2.75, 3.05) is 0 Å².